The van der Waals surface area contributed by atoms with Crippen LogP contribution in [0.3, 0.4) is 0 Å². The molecule has 1 aliphatic rings. The van der Waals surface area contributed by atoms with Gasteiger partial charge in [0.05, 0.1) is 17.6 Å². The van der Waals surface area contributed by atoms with Crippen molar-refractivity contribution in [2.75, 3.05) is 25.5 Å². The van der Waals surface area contributed by atoms with Crippen LogP contribution in [0.5, 0.6) is 0 Å². The summed E-state index contributed by atoms with van der Waals surface area (Å²) >= 11 is 0. The van der Waals surface area contributed by atoms with E-state index in [0.717, 1.165) is 60.8 Å². The van der Waals surface area contributed by atoms with Crippen molar-refractivity contribution >= 4 is 23.4 Å². The number of hydrogen-bond donors (Lipinski definition) is 3. The lowest BCUT2D eigenvalue weighted by Gasteiger charge is -2.14. The number of allylic oxidation sites excluding steroid dienone is 1. The molecular formula is C18H26N6. The normalized spacial score (nSPS) is 16.6. The maximum atomic E-state index is 5.57. The van der Waals surface area contributed by atoms with Crippen LogP contribution in [0.1, 0.15) is 30.5 Å². The van der Waals surface area contributed by atoms with Crippen molar-refractivity contribution in [1.29, 1.82) is 0 Å². The fourth-order valence-electron chi connectivity index (χ4n) is 2.40. The van der Waals surface area contributed by atoms with E-state index in [-0.39, 0.29) is 0 Å². The summed E-state index contributed by atoms with van der Waals surface area (Å²) in [7, 11) is 1.88. The molecule has 0 bridgehead atoms. The predicted octanol–water partition coefficient (Wildman–Crippen LogP) is 2.49. The first-order valence-electron chi connectivity index (χ1n) is 8.29. The van der Waals surface area contributed by atoms with Gasteiger partial charge in [0.25, 0.3) is 0 Å². The minimum absolute atomic E-state index is 0.743. The van der Waals surface area contributed by atoms with Gasteiger partial charge in [0.15, 0.2) is 0 Å². The first-order valence-corrected chi connectivity index (χ1v) is 8.29. The van der Waals surface area contributed by atoms with E-state index in [2.05, 4.69) is 31.7 Å². The Labute approximate surface area is 143 Å². The molecular weight excluding hydrogens is 300 g/mol. The highest BCUT2D eigenvalue weighted by Crippen LogP contribution is 2.19. The van der Waals surface area contributed by atoms with E-state index in [4.69, 9.17) is 5.73 Å². The smallest absolute Gasteiger partial charge is 0.126 e. The summed E-state index contributed by atoms with van der Waals surface area (Å²) in [6.07, 6.45) is 12.2. The lowest BCUT2D eigenvalue weighted by atomic mass is 10.1. The maximum Gasteiger partial charge on any atom is 0.126 e. The highest BCUT2D eigenvalue weighted by Gasteiger charge is 2.09. The summed E-state index contributed by atoms with van der Waals surface area (Å²) < 4.78 is 0. The van der Waals surface area contributed by atoms with Crippen molar-refractivity contribution in [2.24, 2.45) is 15.7 Å². The number of rotatable bonds is 3. The van der Waals surface area contributed by atoms with Crippen molar-refractivity contribution in [3.05, 3.63) is 41.9 Å². The van der Waals surface area contributed by atoms with Crippen LogP contribution in [0.25, 0.3) is 5.70 Å². The molecule has 0 atom stereocenters. The van der Waals surface area contributed by atoms with Crippen LogP contribution in [0.15, 0.2) is 40.6 Å². The van der Waals surface area contributed by atoms with Gasteiger partial charge in [-0.3, -0.25) is 15.0 Å². The number of nitrogens with zero attached hydrogens (tertiary/aromatic N) is 3. The monoisotopic (exact) mass is 326 g/mol. The van der Waals surface area contributed by atoms with Gasteiger partial charge in [0, 0.05) is 37.6 Å². The molecule has 2 heterocycles. The maximum absolute atomic E-state index is 5.57. The summed E-state index contributed by atoms with van der Waals surface area (Å²) in [5.74, 6) is 0.743. The topological polar surface area (TPSA) is 87.7 Å². The van der Waals surface area contributed by atoms with E-state index in [1.807, 2.05) is 32.5 Å². The zero-order chi connectivity index (χ0) is 17.2. The van der Waals surface area contributed by atoms with Crippen LogP contribution in [-0.4, -0.2) is 37.2 Å². The molecule has 0 aromatic carbocycles. The van der Waals surface area contributed by atoms with Gasteiger partial charge < -0.3 is 16.4 Å². The van der Waals surface area contributed by atoms with Gasteiger partial charge in [-0.05, 0) is 50.6 Å². The van der Waals surface area contributed by atoms with Crippen molar-refractivity contribution in [1.82, 2.24) is 10.3 Å². The molecule has 0 amide bonds. The molecule has 2 rings (SSSR count). The number of anilines is 1. The number of aryl methyl sites for hydroxylation is 1. The Morgan fingerprint density at radius 3 is 2.88 bits per heavy atom. The van der Waals surface area contributed by atoms with E-state index in [9.17, 15) is 0 Å². The average Bonchev–Trinajstić information content (AvgIpc) is 2.58. The van der Waals surface area contributed by atoms with Gasteiger partial charge in [-0.1, -0.05) is 0 Å². The van der Waals surface area contributed by atoms with Crippen LogP contribution >= 0.6 is 0 Å². The first kappa shape index (κ1) is 17.7. The molecule has 0 spiro atoms. The minimum Gasteiger partial charge on any atom is -0.404 e. The van der Waals surface area contributed by atoms with E-state index in [1.165, 1.54) is 6.20 Å². The summed E-state index contributed by atoms with van der Waals surface area (Å²) in [6.45, 7) is 3.61. The lowest BCUT2D eigenvalue weighted by Crippen LogP contribution is -2.22. The standard InChI is InChI=1S/C18H26N6/c1-14-16(12-15(20-2)13-23-14)17-7-11-21-9-4-3-5-10-22-18(24-17)6-8-19/h6-8,11-13,20H,3-5,9-10,19H2,1-2H3,(H,22,24). The number of pyridine rings is 1. The number of aromatic nitrogens is 1. The summed E-state index contributed by atoms with van der Waals surface area (Å²) in [5.41, 5.74) is 9.36. The average molecular weight is 326 g/mol. The van der Waals surface area contributed by atoms with Crippen molar-refractivity contribution in [3.63, 3.8) is 0 Å². The first-order chi connectivity index (χ1) is 11.7. The van der Waals surface area contributed by atoms with E-state index in [1.54, 1.807) is 6.08 Å². The molecule has 24 heavy (non-hydrogen) atoms. The fourth-order valence-corrected chi connectivity index (χ4v) is 2.40. The third-order valence-electron chi connectivity index (χ3n) is 3.76. The molecule has 0 aliphatic carbocycles. The minimum atomic E-state index is 0.743. The van der Waals surface area contributed by atoms with Crippen LogP contribution in [0.4, 0.5) is 5.69 Å². The zero-order valence-corrected chi connectivity index (χ0v) is 14.4. The predicted molar refractivity (Wildman–Crippen MR) is 102 cm³/mol. The van der Waals surface area contributed by atoms with E-state index in [0.29, 0.717) is 0 Å². The number of nitrogens with two attached hydrogens (primary N) is 1. The molecule has 6 nitrogen and oxygen atoms in total. The summed E-state index contributed by atoms with van der Waals surface area (Å²) in [5, 5.41) is 6.49. The van der Waals surface area contributed by atoms with Gasteiger partial charge in [-0.15, -0.1) is 0 Å². The van der Waals surface area contributed by atoms with Crippen molar-refractivity contribution in [3.8, 4) is 0 Å². The van der Waals surface area contributed by atoms with Crippen molar-refractivity contribution < 1.29 is 0 Å². The van der Waals surface area contributed by atoms with Crippen LogP contribution in [0, 0.1) is 6.92 Å². The van der Waals surface area contributed by atoms with Gasteiger partial charge in [0.1, 0.15) is 5.84 Å². The second-order valence-corrected chi connectivity index (χ2v) is 5.55. The molecule has 1 aromatic heterocycles. The Kier molecular flexibility index (Phi) is 7.01. The quantitative estimate of drug-likeness (QED) is 0.796. The second-order valence-electron chi connectivity index (χ2n) is 5.55. The van der Waals surface area contributed by atoms with Crippen LogP contribution in [0.2, 0.25) is 0 Å². The van der Waals surface area contributed by atoms with E-state index < -0.39 is 0 Å². The van der Waals surface area contributed by atoms with Crippen molar-refractivity contribution in [2.45, 2.75) is 26.2 Å². The lowest BCUT2D eigenvalue weighted by molar-refractivity contribution is 0.696. The molecule has 6 heteroatoms. The summed E-state index contributed by atoms with van der Waals surface area (Å²) in [6, 6.07) is 2.06. The molecule has 1 aliphatic heterocycles. The number of amidine groups is 1. The number of hydrogen-bond acceptors (Lipinski definition) is 6. The Morgan fingerprint density at radius 1 is 1.25 bits per heavy atom. The van der Waals surface area contributed by atoms with Gasteiger partial charge >= 0.3 is 0 Å². The highest BCUT2D eigenvalue weighted by molar-refractivity contribution is 6.01. The Bertz CT molecular complexity index is 657. The zero-order valence-electron chi connectivity index (χ0n) is 14.4. The van der Waals surface area contributed by atoms with Gasteiger partial charge in [0.2, 0.25) is 0 Å². The van der Waals surface area contributed by atoms with Gasteiger partial charge in [-0.2, -0.15) is 0 Å². The van der Waals surface area contributed by atoms with Gasteiger partial charge in [-0.25, -0.2) is 0 Å². The fraction of sp³-hybridized carbons (Fsp3) is 0.389. The second kappa shape index (κ2) is 9.50. The third kappa shape index (κ3) is 5.22. The third-order valence-corrected chi connectivity index (χ3v) is 3.76. The van der Waals surface area contributed by atoms with Crippen LogP contribution in [-0.2, 0) is 0 Å². The molecule has 128 valence electrons. The Hall–Kier alpha value is -2.63. The molecule has 0 unspecified atom stereocenters. The Morgan fingerprint density at radius 2 is 2.08 bits per heavy atom. The number of nitrogens with one attached hydrogen (secondary N) is 2. The molecule has 0 saturated heterocycles. The highest BCUT2D eigenvalue weighted by atomic mass is 15.0. The molecule has 0 radical (unpaired) electrons. The molecule has 0 saturated carbocycles. The van der Waals surface area contributed by atoms with E-state index >= 15 is 0 Å². The molecule has 4 N–H and O–H groups in total. The molecule has 0 fully saturated rings. The summed E-state index contributed by atoms with van der Waals surface area (Å²) in [4.78, 5) is 13.5. The van der Waals surface area contributed by atoms with Crippen LogP contribution < -0.4 is 16.4 Å². The SMILES string of the molecule is CNc1cnc(C)c(C2=CC=NCCCCCN=C(C=CN)N2)c1. The largest absolute Gasteiger partial charge is 0.404 e. The molecule has 1 aromatic rings. The number of aliphatic imine (C=N–C) groups is 2. The Balaban J connectivity index is 2.41.